The minimum Gasteiger partial charge on any atom is -0.309 e. The number of hydrogen-bond donors (Lipinski definition) is 0. The van der Waals surface area contributed by atoms with Crippen LogP contribution >= 0.6 is 0 Å². The lowest BCUT2D eigenvalue weighted by Crippen LogP contribution is -2.19. The Morgan fingerprint density at radius 3 is 1.10 bits per heavy atom. The summed E-state index contributed by atoms with van der Waals surface area (Å²) in [5.41, 5.74) is 19.0. The number of fused-ring (bicyclic) bond motifs is 16. The summed E-state index contributed by atoms with van der Waals surface area (Å²) in [4.78, 5) is 31.8. The first kappa shape index (κ1) is 51.5. The molecule has 92 heavy (non-hydrogen) atoms. The molecule has 0 bridgehead atoms. The van der Waals surface area contributed by atoms with Gasteiger partial charge in [-0.1, -0.05) is 182 Å². The lowest BCUT2D eigenvalue weighted by Gasteiger charge is -2.16. The van der Waals surface area contributed by atoms with Gasteiger partial charge in [-0.2, -0.15) is 0 Å². The van der Waals surface area contributed by atoms with Gasteiger partial charge in [0.05, 0.1) is 65.9 Å². The van der Waals surface area contributed by atoms with Crippen LogP contribution in [0.2, 0.25) is 0 Å². The standard InChI is InChI=1S/C84H52N6O2/c91-83-79-65-34-15-19-38-73(65)87(59-27-9-3-10-28-59)82(79)70-51-68-64-33-14-18-37-72(64)86(58-25-7-2-8-26-58)77(68)52-78(70)90(83)62-31-21-22-54(48-62)53-40-44-61(45-41-53)88-76-47-43-56(55-42-46-75-67(49-55)63-32-13-17-36-71(63)85(75)57-23-5-1-6-24-57)50-69(76)80-81(88)66-35-16-20-39-74(66)89(84(80)92)60-29-11-4-12-30-60/h1-52H. The highest BCUT2D eigenvalue weighted by Gasteiger charge is 2.26. The number of hydrogen-bond acceptors (Lipinski definition) is 2. The zero-order valence-electron chi connectivity index (χ0n) is 49.5. The molecule has 0 saturated carbocycles. The SMILES string of the molecule is O=c1c2c3cc(-c4ccc5c(c4)c4ccccc4n5-c4ccccc4)ccc3n(-c3ccc(-c4cccc(-n5c(=O)c6c7ccccc7n(-c7ccccc7)c6c6cc7c8ccccc8n(-c8ccccc8)c7cc65)c4)cc3)c2c2ccccc2n1-c1ccccc1. The van der Waals surface area contributed by atoms with E-state index in [1.807, 2.05) is 69.8 Å². The second kappa shape index (κ2) is 20.0. The maximum absolute atomic E-state index is 16.1. The van der Waals surface area contributed by atoms with Crippen LogP contribution in [0, 0.1) is 0 Å². The second-order valence-electron chi connectivity index (χ2n) is 23.9. The lowest BCUT2D eigenvalue weighted by molar-refractivity contribution is 1.06. The minimum atomic E-state index is -0.100. The van der Waals surface area contributed by atoms with Crippen LogP contribution in [0.4, 0.5) is 0 Å². The van der Waals surface area contributed by atoms with E-state index in [2.05, 4.69) is 273 Å². The first-order valence-electron chi connectivity index (χ1n) is 31.2. The summed E-state index contributed by atoms with van der Waals surface area (Å²) in [5, 5.41) is 9.55. The van der Waals surface area contributed by atoms with E-state index in [4.69, 9.17) is 0 Å². The molecule has 6 heterocycles. The third kappa shape index (κ3) is 7.52. The topological polar surface area (TPSA) is 63.7 Å². The molecule has 0 unspecified atom stereocenters. The van der Waals surface area contributed by atoms with Crippen LogP contribution in [0.1, 0.15) is 0 Å². The summed E-state index contributed by atoms with van der Waals surface area (Å²) in [6.45, 7) is 0. The van der Waals surface area contributed by atoms with Crippen molar-refractivity contribution in [2.24, 2.45) is 0 Å². The van der Waals surface area contributed by atoms with Crippen LogP contribution in [0.5, 0.6) is 0 Å². The van der Waals surface area contributed by atoms with Gasteiger partial charge in [-0.25, -0.2) is 0 Å². The minimum absolute atomic E-state index is 0.0894. The fourth-order valence-electron chi connectivity index (χ4n) is 15.0. The number of aromatic nitrogens is 6. The summed E-state index contributed by atoms with van der Waals surface area (Å²) in [7, 11) is 0. The van der Waals surface area contributed by atoms with Crippen LogP contribution in [-0.4, -0.2) is 27.4 Å². The van der Waals surface area contributed by atoms with Crippen molar-refractivity contribution in [1.29, 1.82) is 0 Å². The summed E-state index contributed by atoms with van der Waals surface area (Å²) >= 11 is 0. The molecule has 8 nitrogen and oxygen atoms in total. The first-order valence-corrected chi connectivity index (χ1v) is 31.2. The molecule has 0 amide bonds. The Balaban J connectivity index is 0.805. The maximum atomic E-state index is 16.1. The molecule has 0 aliphatic heterocycles. The number of rotatable bonds is 8. The van der Waals surface area contributed by atoms with Crippen molar-refractivity contribution in [3.05, 3.63) is 336 Å². The van der Waals surface area contributed by atoms with Crippen molar-refractivity contribution >= 4 is 109 Å². The average molecular weight is 1180 g/mol. The van der Waals surface area contributed by atoms with Gasteiger partial charge >= 0.3 is 0 Å². The van der Waals surface area contributed by atoms with Crippen molar-refractivity contribution in [1.82, 2.24) is 27.4 Å². The van der Waals surface area contributed by atoms with E-state index in [1.165, 1.54) is 5.39 Å². The molecular weight excluding hydrogens is 1120 g/mol. The molecule has 0 saturated heterocycles. The van der Waals surface area contributed by atoms with E-state index in [-0.39, 0.29) is 11.1 Å². The van der Waals surface area contributed by atoms with Crippen molar-refractivity contribution in [3.8, 4) is 56.4 Å². The second-order valence-corrected chi connectivity index (χ2v) is 23.9. The Morgan fingerprint density at radius 1 is 0.174 bits per heavy atom. The molecule has 0 aliphatic rings. The van der Waals surface area contributed by atoms with Gasteiger partial charge in [-0.3, -0.25) is 18.7 Å². The smallest absolute Gasteiger partial charge is 0.265 e. The Morgan fingerprint density at radius 2 is 0.522 bits per heavy atom. The molecule has 13 aromatic carbocycles. The van der Waals surface area contributed by atoms with Crippen molar-refractivity contribution in [2.75, 3.05) is 0 Å². The van der Waals surface area contributed by atoms with Crippen LogP contribution in [0.15, 0.2) is 325 Å². The first-order chi connectivity index (χ1) is 45.5. The summed E-state index contributed by atoms with van der Waals surface area (Å²) in [6, 6.07) is 110. The van der Waals surface area contributed by atoms with Crippen LogP contribution in [0.3, 0.4) is 0 Å². The third-order valence-electron chi connectivity index (χ3n) is 19.0. The van der Waals surface area contributed by atoms with E-state index in [9.17, 15) is 0 Å². The molecule has 8 heteroatoms. The molecule has 19 rings (SSSR count). The zero-order valence-corrected chi connectivity index (χ0v) is 49.5. The van der Waals surface area contributed by atoms with E-state index in [0.717, 1.165) is 149 Å². The molecule has 0 radical (unpaired) electrons. The normalized spacial score (nSPS) is 12.0. The van der Waals surface area contributed by atoms with E-state index in [0.29, 0.717) is 10.8 Å². The fourth-order valence-corrected chi connectivity index (χ4v) is 15.0. The van der Waals surface area contributed by atoms with Crippen molar-refractivity contribution < 1.29 is 0 Å². The third-order valence-corrected chi connectivity index (χ3v) is 19.0. The van der Waals surface area contributed by atoms with Crippen LogP contribution < -0.4 is 11.1 Å². The summed E-state index contributed by atoms with van der Waals surface area (Å²) < 4.78 is 13.0. The van der Waals surface area contributed by atoms with Gasteiger partial charge in [0.15, 0.2) is 0 Å². The number of nitrogens with zero attached hydrogens (tertiary/aromatic N) is 6. The zero-order chi connectivity index (χ0) is 60.7. The Bertz CT molecular complexity index is 6390. The largest absolute Gasteiger partial charge is 0.309 e. The molecule has 0 aliphatic carbocycles. The average Bonchev–Trinajstić information content (AvgIpc) is 1.52. The Hall–Kier alpha value is -12.5. The molecule has 430 valence electrons. The van der Waals surface area contributed by atoms with E-state index in [1.54, 1.807) is 0 Å². The molecule has 6 aromatic heterocycles. The van der Waals surface area contributed by atoms with Crippen molar-refractivity contribution in [2.45, 2.75) is 0 Å². The Kier molecular flexibility index (Phi) is 11.2. The number of pyridine rings is 2. The summed E-state index contributed by atoms with van der Waals surface area (Å²) in [5.74, 6) is 0. The van der Waals surface area contributed by atoms with Gasteiger partial charge in [-0.15, -0.1) is 0 Å². The van der Waals surface area contributed by atoms with Gasteiger partial charge in [0, 0.05) is 77.2 Å². The highest BCUT2D eigenvalue weighted by Crippen LogP contribution is 2.43. The fraction of sp³-hybridized carbons (Fsp3) is 0. The highest BCUT2D eigenvalue weighted by molar-refractivity contribution is 6.23. The van der Waals surface area contributed by atoms with Gasteiger partial charge < -0.3 is 18.3 Å². The number of para-hydroxylation sites is 8. The van der Waals surface area contributed by atoms with Crippen LogP contribution in [0.25, 0.3) is 165 Å². The Labute approximate surface area is 526 Å². The molecule has 0 atom stereocenters. The highest BCUT2D eigenvalue weighted by atomic mass is 16.1. The summed E-state index contributed by atoms with van der Waals surface area (Å²) in [6.07, 6.45) is 0. The lowest BCUT2D eigenvalue weighted by atomic mass is 10.0. The molecule has 19 aromatic rings. The van der Waals surface area contributed by atoms with Crippen molar-refractivity contribution in [3.63, 3.8) is 0 Å². The van der Waals surface area contributed by atoms with Gasteiger partial charge in [0.25, 0.3) is 11.1 Å². The molecular formula is C84H52N6O2. The quantitative estimate of drug-likeness (QED) is 0.152. The van der Waals surface area contributed by atoms with Crippen LogP contribution in [-0.2, 0) is 0 Å². The maximum Gasteiger partial charge on any atom is 0.265 e. The molecule has 0 fully saturated rings. The van der Waals surface area contributed by atoms with Gasteiger partial charge in [0.1, 0.15) is 0 Å². The molecule has 0 N–H and O–H groups in total. The van der Waals surface area contributed by atoms with E-state index < -0.39 is 0 Å². The van der Waals surface area contributed by atoms with E-state index >= 15 is 9.59 Å². The predicted octanol–water partition coefficient (Wildman–Crippen LogP) is 20.0. The predicted molar refractivity (Wildman–Crippen MR) is 381 cm³/mol. The van der Waals surface area contributed by atoms with Gasteiger partial charge in [-0.05, 0) is 156 Å². The number of benzene rings is 13. The monoisotopic (exact) mass is 1180 g/mol. The molecule has 0 spiro atoms. The van der Waals surface area contributed by atoms with Gasteiger partial charge in [0.2, 0.25) is 0 Å².